The fourth-order valence-corrected chi connectivity index (χ4v) is 3.34. The van der Waals surface area contributed by atoms with Crippen molar-refractivity contribution in [2.45, 2.75) is 33.7 Å². The maximum absolute atomic E-state index is 12.2. The molecule has 2 aliphatic heterocycles. The molecule has 2 fully saturated rings. The lowest BCUT2D eigenvalue weighted by Gasteiger charge is -2.11. The number of carboxylic acids is 1. The Morgan fingerprint density at radius 3 is 1.71 bits per heavy atom. The predicted molar refractivity (Wildman–Crippen MR) is 152 cm³/mol. The number of aromatic carboxylic acids is 1. The lowest BCUT2D eigenvalue weighted by Crippen LogP contribution is -2.08. The summed E-state index contributed by atoms with van der Waals surface area (Å²) in [5.41, 5.74) is 1.54. The van der Waals surface area contributed by atoms with Crippen LogP contribution in [0.2, 0.25) is 0 Å². The highest BCUT2D eigenvalue weighted by Gasteiger charge is 2.25. The van der Waals surface area contributed by atoms with Crippen LogP contribution in [0.4, 0.5) is 0 Å². The summed E-state index contributed by atoms with van der Waals surface area (Å²) in [5, 5.41) is 8.84. The van der Waals surface area contributed by atoms with Crippen molar-refractivity contribution in [2.75, 3.05) is 40.6 Å². The summed E-state index contributed by atoms with van der Waals surface area (Å²) in [6.07, 6.45) is 0.256. The monoisotopic (exact) mass is 570 g/mol. The Morgan fingerprint density at radius 1 is 0.756 bits per heavy atom. The molecule has 3 aromatic rings. The fourth-order valence-electron chi connectivity index (χ4n) is 3.34. The van der Waals surface area contributed by atoms with Crippen LogP contribution >= 0.6 is 0 Å². The third kappa shape index (κ3) is 10.3. The highest BCUT2D eigenvalue weighted by atomic mass is 16.6. The van der Waals surface area contributed by atoms with Gasteiger partial charge in [0.2, 0.25) is 0 Å². The summed E-state index contributed by atoms with van der Waals surface area (Å²) < 4.78 is 36.8. The zero-order valence-corrected chi connectivity index (χ0v) is 21.7. The van der Waals surface area contributed by atoms with Gasteiger partial charge in [-0.15, -0.1) is 0 Å². The van der Waals surface area contributed by atoms with Crippen molar-refractivity contribution in [1.82, 2.24) is 0 Å². The largest absolute Gasteiger partial charge is 0.493 e. The molecule has 2 saturated heterocycles. The van der Waals surface area contributed by atoms with Gasteiger partial charge in [0.05, 0.1) is 38.6 Å². The third-order valence-corrected chi connectivity index (χ3v) is 5.68. The second-order valence-corrected chi connectivity index (χ2v) is 8.63. The van der Waals surface area contributed by atoms with Crippen molar-refractivity contribution >= 4 is 11.9 Å². The van der Waals surface area contributed by atoms with Gasteiger partial charge in [-0.25, -0.2) is 9.59 Å². The molecule has 5 rings (SSSR count). The van der Waals surface area contributed by atoms with Crippen molar-refractivity contribution < 1.29 is 47.9 Å². The molecule has 0 saturated carbocycles. The molecule has 10 heteroatoms. The SMILES string of the molecule is C.C.COc1ccc(C(=O)O)cc1OCC1CO1.COc1ccc(C(=O)OCc2ccccc2)cc1OCC1CO1. The Labute approximate surface area is 240 Å². The van der Waals surface area contributed by atoms with E-state index in [9.17, 15) is 9.59 Å². The number of epoxide rings is 2. The maximum atomic E-state index is 12.2. The molecule has 10 nitrogen and oxygen atoms in total. The first-order valence-corrected chi connectivity index (χ1v) is 12.3. The second kappa shape index (κ2) is 16.1. The number of esters is 1. The van der Waals surface area contributed by atoms with E-state index in [0.717, 1.165) is 5.56 Å². The molecule has 0 bridgehead atoms. The minimum Gasteiger partial charge on any atom is -0.493 e. The quantitative estimate of drug-likeness (QED) is 0.227. The van der Waals surface area contributed by atoms with Gasteiger partial charge in [-0.3, -0.25) is 0 Å². The number of benzene rings is 3. The number of carboxylic acid groups (broad SMARTS) is 1. The number of hydrogen-bond donors (Lipinski definition) is 1. The van der Waals surface area contributed by atoms with Gasteiger partial charge in [-0.05, 0) is 42.0 Å². The third-order valence-electron chi connectivity index (χ3n) is 5.68. The van der Waals surface area contributed by atoms with Gasteiger partial charge in [0.25, 0.3) is 0 Å². The molecule has 0 spiro atoms. The van der Waals surface area contributed by atoms with Gasteiger partial charge >= 0.3 is 11.9 Å². The Hall–Kier alpha value is -4.28. The Morgan fingerprint density at radius 2 is 1.24 bits per heavy atom. The molecule has 3 aromatic carbocycles. The van der Waals surface area contributed by atoms with Crippen LogP contribution in [0.25, 0.3) is 0 Å². The first kappa shape index (κ1) is 32.9. The normalized spacial score (nSPS) is 15.9. The summed E-state index contributed by atoms with van der Waals surface area (Å²) in [6.45, 7) is 2.50. The van der Waals surface area contributed by atoms with E-state index in [-0.39, 0.29) is 39.2 Å². The Balaban J connectivity index is 0.000000290. The summed E-state index contributed by atoms with van der Waals surface area (Å²) in [4.78, 5) is 23.0. The zero-order valence-electron chi connectivity index (χ0n) is 21.7. The number of carbonyl (C=O) groups excluding carboxylic acids is 1. The van der Waals surface area contributed by atoms with Gasteiger partial charge in [0.1, 0.15) is 32.0 Å². The van der Waals surface area contributed by atoms with Gasteiger partial charge < -0.3 is 38.3 Å². The lowest BCUT2D eigenvalue weighted by molar-refractivity contribution is 0.0471. The van der Waals surface area contributed by atoms with Crippen LogP contribution in [-0.2, 0) is 20.8 Å². The van der Waals surface area contributed by atoms with E-state index >= 15 is 0 Å². The molecule has 0 aromatic heterocycles. The first-order chi connectivity index (χ1) is 19.0. The van der Waals surface area contributed by atoms with E-state index in [2.05, 4.69) is 0 Å². The van der Waals surface area contributed by atoms with E-state index in [1.807, 2.05) is 30.3 Å². The number of ether oxygens (including phenoxy) is 7. The van der Waals surface area contributed by atoms with Gasteiger partial charge in [0.15, 0.2) is 23.0 Å². The predicted octanol–water partition coefficient (Wildman–Crippen LogP) is 5.27. The average Bonchev–Trinajstić information content (AvgIpc) is 3.90. The molecule has 1 N–H and O–H groups in total. The smallest absolute Gasteiger partial charge is 0.338 e. The molecule has 222 valence electrons. The van der Waals surface area contributed by atoms with Gasteiger partial charge in [0, 0.05) is 0 Å². The Kier molecular flexibility index (Phi) is 12.9. The molecule has 2 atom stereocenters. The van der Waals surface area contributed by atoms with Crippen LogP contribution in [0.15, 0.2) is 66.7 Å². The fraction of sp³-hybridized carbons (Fsp3) is 0.355. The molecule has 0 radical (unpaired) electrons. The van der Waals surface area contributed by atoms with Crippen molar-refractivity contribution in [3.8, 4) is 23.0 Å². The van der Waals surface area contributed by atoms with Crippen LogP contribution in [0.1, 0.15) is 41.1 Å². The van der Waals surface area contributed by atoms with Gasteiger partial charge in [-0.2, -0.15) is 0 Å². The van der Waals surface area contributed by atoms with Crippen LogP contribution in [-0.4, -0.2) is 69.9 Å². The van der Waals surface area contributed by atoms with Gasteiger partial charge in [-0.1, -0.05) is 45.2 Å². The first-order valence-electron chi connectivity index (χ1n) is 12.3. The molecule has 0 aliphatic carbocycles. The van der Waals surface area contributed by atoms with Crippen LogP contribution in [0.5, 0.6) is 23.0 Å². The molecule has 2 heterocycles. The Bertz CT molecular complexity index is 1250. The van der Waals surface area contributed by atoms with Crippen molar-refractivity contribution in [2.24, 2.45) is 0 Å². The molecule has 2 aliphatic rings. The molecule has 2 unspecified atom stereocenters. The van der Waals surface area contributed by atoms with E-state index in [1.165, 1.54) is 19.2 Å². The minimum atomic E-state index is -0.991. The lowest BCUT2D eigenvalue weighted by atomic mass is 10.2. The highest BCUT2D eigenvalue weighted by molar-refractivity contribution is 5.90. The molecule has 0 amide bonds. The molecule has 41 heavy (non-hydrogen) atoms. The standard InChI is InChI=1S/C18H18O5.C11H12O5.2CH4/c1-20-16-8-7-14(9-17(16)22-12-15-11-21-15)18(19)23-10-13-5-3-2-4-6-13;1-14-9-3-2-7(11(12)13)4-10(9)16-6-8-5-15-8;;/h2-9,15H,10-12H2,1H3;2-4,8H,5-6H2,1H3,(H,12,13);2*1H4. The van der Waals surface area contributed by atoms with E-state index in [1.54, 1.807) is 31.4 Å². The van der Waals surface area contributed by atoms with Crippen LogP contribution in [0.3, 0.4) is 0 Å². The number of rotatable bonds is 12. The average molecular weight is 571 g/mol. The molecular formula is C31H38O10. The number of methoxy groups -OCH3 is 2. The van der Waals surface area contributed by atoms with E-state index in [4.69, 9.17) is 38.3 Å². The highest BCUT2D eigenvalue weighted by Crippen LogP contribution is 2.30. The van der Waals surface area contributed by atoms with Crippen molar-refractivity contribution in [1.29, 1.82) is 0 Å². The molecular weight excluding hydrogens is 532 g/mol. The summed E-state index contributed by atoms with van der Waals surface area (Å²) in [6, 6.07) is 19.0. The zero-order chi connectivity index (χ0) is 27.6. The van der Waals surface area contributed by atoms with Crippen molar-refractivity contribution in [3.63, 3.8) is 0 Å². The van der Waals surface area contributed by atoms with Crippen LogP contribution < -0.4 is 18.9 Å². The van der Waals surface area contributed by atoms with Crippen LogP contribution in [0, 0.1) is 0 Å². The van der Waals surface area contributed by atoms with E-state index in [0.29, 0.717) is 55.0 Å². The van der Waals surface area contributed by atoms with Crippen molar-refractivity contribution in [3.05, 3.63) is 83.4 Å². The maximum Gasteiger partial charge on any atom is 0.338 e. The topological polar surface area (TPSA) is 126 Å². The second-order valence-electron chi connectivity index (χ2n) is 8.63. The summed E-state index contributed by atoms with van der Waals surface area (Å²) in [7, 11) is 3.07. The summed E-state index contributed by atoms with van der Waals surface area (Å²) in [5.74, 6) is 0.644. The summed E-state index contributed by atoms with van der Waals surface area (Å²) >= 11 is 0. The minimum absolute atomic E-state index is 0. The van der Waals surface area contributed by atoms with E-state index < -0.39 is 11.9 Å². The number of hydrogen-bond acceptors (Lipinski definition) is 9. The number of carbonyl (C=O) groups is 2.